The minimum atomic E-state index is -4.79. The predicted molar refractivity (Wildman–Crippen MR) is 494 cm³/mol. The van der Waals surface area contributed by atoms with Crippen LogP contribution in [0.3, 0.4) is 0 Å². The van der Waals surface area contributed by atoms with Crippen molar-refractivity contribution in [3.63, 3.8) is 0 Å². The normalized spacial score (nSPS) is 17.0. The second kappa shape index (κ2) is 48.4. The molecule has 8 atom stereocenters. The van der Waals surface area contributed by atoms with Gasteiger partial charge in [0.2, 0.25) is 70.7 Å². The molecule has 41 nitrogen and oxygen atoms in total. The smallest absolute Gasteiger partial charge is 0.294 e. The fourth-order valence-corrected chi connectivity index (χ4v) is 18.3. The number of amides is 11. The maximum Gasteiger partial charge on any atom is 0.294 e. The van der Waals surface area contributed by atoms with Crippen LogP contribution in [0.15, 0.2) is 161 Å². The summed E-state index contributed by atoms with van der Waals surface area (Å²) < 4.78 is 144. The highest BCUT2D eigenvalue weighted by Crippen LogP contribution is 2.49. The molecule has 22 N–H and O–H groups in total. The summed E-state index contributed by atoms with van der Waals surface area (Å²) in [5, 5.41) is 38.6. The monoisotopic (exact) mass is 1940 g/mol. The van der Waals surface area contributed by atoms with Gasteiger partial charge in [-0.3, -0.25) is 76.4 Å². The average Bonchev–Trinajstić information content (AvgIpc) is 1.58. The Morgan fingerprint density at radius 3 is 1.75 bits per heavy atom. The molecule has 45 heteroatoms. The molecular formula is C89H119N16O25S4+. The van der Waals surface area contributed by atoms with Gasteiger partial charge in [0.1, 0.15) is 60.3 Å². The van der Waals surface area contributed by atoms with Gasteiger partial charge in [-0.05, 0) is 167 Å². The number of allylic oxidation sites excluding steroid dienone is 6. The number of carbonyl (C=O) groups excluding carboxylic acids is 11. The number of anilines is 1. The number of benzene rings is 5. The Labute approximate surface area is 777 Å². The molecular weight excluding hydrogens is 1820 g/mol. The molecule has 0 aromatic heterocycles. The number of rotatable bonds is 53. The van der Waals surface area contributed by atoms with E-state index in [1.807, 2.05) is 0 Å². The molecule has 5 aromatic rings. The number of unbranched alkanes of at least 4 members (excludes halogenated alkanes) is 2. The lowest BCUT2D eigenvalue weighted by molar-refractivity contribution is -0.437. The lowest BCUT2D eigenvalue weighted by Crippen LogP contribution is -2.60. The first-order valence-corrected chi connectivity index (χ1v) is 49.5. The summed E-state index contributed by atoms with van der Waals surface area (Å²) >= 11 is 0. The van der Waals surface area contributed by atoms with E-state index in [1.165, 1.54) is 60.5 Å². The third-order valence-electron chi connectivity index (χ3n) is 23.2. The summed E-state index contributed by atoms with van der Waals surface area (Å²) in [4.78, 5) is 155. The number of carbonyl (C=O) groups is 11. The largest absolute Gasteiger partial charge is 0.508 e. The van der Waals surface area contributed by atoms with Crippen LogP contribution in [0.2, 0.25) is 0 Å². The second-order valence-electron chi connectivity index (χ2n) is 33.7. The van der Waals surface area contributed by atoms with Crippen LogP contribution in [-0.4, -0.2) is 237 Å². The Bertz CT molecular complexity index is 5740. The zero-order chi connectivity index (χ0) is 98.6. The summed E-state index contributed by atoms with van der Waals surface area (Å²) in [6.45, 7) is 5.46. The highest BCUT2D eigenvalue weighted by atomic mass is 32.2. The van der Waals surface area contributed by atoms with Gasteiger partial charge in [-0.25, -0.2) is 0 Å². The zero-order valence-corrected chi connectivity index (χ0v) is 77.9. The number of methoxy groups -OCH3 is 1. The van der Waals surface area contributed by atoms with Crippen LogP contribution in [0.4, 0.5) is 11.4 Å². The molecule has 1 fully saturated rings. The number of phenols is 1. The Morgan fingerprint density at radius 1 is 0.560 bits per heavy atom. The van der Waals surface area contributed by atoms with Gasteiger partial charge in [0, 0.05) is 99.2 Å². The molecule has 3 heterocycles. The van der Waals surface area contributed by atoms with Crippen LogP contribution >= 0.6 is 0 Å². The summed E-state index contributed by atoms with van der Waals surface area (Å²) in [7, 11) is -16.8. The molecule has 0 radical (unpaired) electrons. The number of nitrogens with one attached hydrogen (secondary N) is 9. The number of ether oxygens (including phenoxy) is 1. The molecule has 728 valence electrons. The number of guanidine groups is 1. The lowest BCUT2D eigenvalue weighted by atomic mass is 9.75. The Hall–Kier alpha value is -12.5. The average molecular weight is 1940 g/mol. The SMILES string of the molecule is COc1ccc(C[C@@H](NC(=O)CCc2ccc(O)cc2)C(=O)N[C@@H](Cc2ccccc2)C(=O)N[C@@H](CCC(N)=O)C(=O)N[C@@H](CC(N)=O)C(=O)N[C@@H](CCCNC(=N)N)C(=O)N2CCC[C@H]2C(=O)N[C@@H](CCCCNC(=O)CCCCC2(C)C(/C=C/C=C/C=C3\N(CCCS(=O)(=O)O)c4ccc(S(=O)(=O)O)cc4C3(C)C)=[N+](CCCS(=O)(=O)O)c3ccc(S(=O)(=O)O)cc32)C(N)=O)cc1. The number of nitrogens with zero attached hydrogens (tertiary/aromatic N) is 3. The maximum atomic E-state index is 14.9. The van der Waals surface area contributed by atoms with E-state index < -0.39 is 194 Å². The van der Waals surface area contributed by atoms with E-state index in [0.717, 1.165) is 0 Å². The number of hydrogen-bond acceptors (Lipinski definition) is 23. The molecule has 0 aliphatic carbocycles. The van der Waals surface area contributed by atoms with E-state index in [-0.39, 0.29) is 152 Å². The molecule has 1 saturated heterocycles. The lowest BCUT2D eigenvalue weighted by Gasteiger charge is -2.31. The summed E-state index contributed by atoms with van der Waals surface area (Å²) in [5.41, 5.74) is 25.3. The van der Waals surface area contributed by atoms with Gasteiger partial charge >= 0.3 is 0 Å². The van der Waals surface area contributed by atoms with Crippen molar-refractivity contribution in [2.45, 2.75) is 212 Å². The molecule has 3 aliphatic rings. The van der Waals surface area contributed by atoms with E-state index in [9.17, 15) is 110 Å². The molecule has 134 heavy (non-hydrogen) atoms. The van der Waals surface area contributed by atoms with Gasteiger partial charge in [-0.15, -0.1) is 0 Å². The number of aryl methyl sites for hydroxylation is 1. The second-order valence-corrected chi connectivity index (χ2v) is 39.7. The van der Waals surface area contributed by atoms with Crippen LogP contribution in [-0.2, 0) is 123 Å². The van der Waals surface area contributed by atoms with Crippen molar-refractivity contribution >= 4 is 128 Å². The Balaban J connectivity index is 0.907. The number of fused-ring (bicyclic) bond motifs is 2. The highest BCUT2D eigenvalue weighted by molar-refractivity contribution is 7.86. The first kappa shape index (κ1) is 107. The van der Waals surface area contributed by atoms with Gasteiger partial charge in [-0.1, -0.05) is 93.1 Å². The molecule has 0 bridgehead atoms. The quantitative estimate of drug-likeness (QED) is 0.00663. The Kier molecular flexibility index (Phi) is 38.6. The van der Waals surface area contributed by atoms with Crippen molar-refractivity contribution in [3.8, 4) is 11.5 Å². The standard InChI is InChI=1S/C89H118N16O25S4/c1-88(2)63-53-61(133(124,125)126)36-39-71(63)103(47-17-49-131(118,119)120)74(88)24-9-6-10-25-75-89(3,64-54-62(134(127,128)129)37-40-72(64)104(75)48-18-50-132(121,122)123)43-13-11-26-78(109)95-44-14-12-21-65(80(92)111)98-85(116)73-23-16-46-105(73)86(117)67(22-15-45-96-87(93)94)100-84(115)70(55-77(91)108)102-81(112)66(38-41-76(90)107)99-83(114)69(51-57-19-7-5-8-20-57)101-82(113)68(52-58-29-34-60(130-4)35-30-58)97-79(110)42-31-56-27-32-59(106)33-28-56/h5-10,19-20,24-25,27-30,32-37,39-40,53-54,65-70,73H,11-18,21-23,26,31,38,41-52,55H2,1-4H3,(H21-,90,91,92,93,94,95,96,97,98,99,100,101,102,106,107,108,109,110,111,112,113,114,115,116,118,119,120,121,122,123,124,125,126,127,128,129)/p+1/t65-,66-,67-,68+,69-,70-,73-,89?/m0/s1. The van der Waals surface area contributed by atoms with Crippen LogP contribution in [0, 0.1) is 5.41 Å². The summed E-state index contributed by atoms with van der Waals surface area (Å²) in [6.07, 6.45) is 7.49. The number of primary amides is 3. The van der Waals surface area contributed by atoms with Gasteiger partial charge < -0.3 is 85.1 Å². The zero-order valence-electron chi connectivity index (χ0n) is 74.7. The van der Waals surface area contributed by atoms with Gasteiger partial charge in [-0.2, -0.15) is 38.2 Å². The van der Waals surface area contributed by atoms with Gasteiger partial charge in [0.15, 0.2) is 11.7 Å². The molecule has 1 unspecified atom stereocenters. The van der Waals surface area contributed by atoms with Crippen molar-refractivity contribution in [2.24, 2.45) is 22.9 Å². The van der Waals surface area contributed by atoms with Gasteiger partial charge in [0.05, 0.1) is 40.2 Å². The van der Waals surface area contributed by atoms with E-state index in [1.54, 1.807) is 127 Å². The highest BCUT2D eigenvalue weighted by Gasteiger charge is 2.49. The van der Waals surface area contributed by atoms with Crippen LogP contribution in [0.1, 0.15) is 158 Å². The van der Waals surface area contributed by atoms with E-state index in [0.29, 0.717) is 62.8 Å². The van der Waals surface area contributed by atoms with Crippen molar-refractivity contribution in [2.75, 3.05) is 56.2 Å². The van der Waals surface area contributed by atoms with Gasteiger partial charge in [0.25, 0.3) is 40.5 Å². The fourth-order valence-electron chi connectivity index (χ4n) is 16.3. The van der Waals surface area contributed by atoms with Crippen LogP contribution in [0.5, 0.6) is 11.5 Å². The molecule has 5 aromatic carbocycles. The summed E-state index contributed by atoms with van der Waals surface area (Å²) in [5.74, 6) is -10.8. The van der Waals surface area contributed by atoms with Crippen molar-refractivity contribution in [3.05, 3.63) is 179 Å². The van der Waals surface area contributed by atoms with E-state index in [4.69, 9.17) is 33.1 Å². The third-order valence-corrected chi connectivity index (χ3v) is 26.5. The Morgan fingerprint density at radius 2 is 1.13 bits per heavy atom. The number of aromatic hydroxyl groups is 1. The minimum absolute atomic E-state index is 0.0130. The maximum absolute atomic E-state index is 14.9. The van der Waals surface area contributed by atoms with Crippen molar-refractivity contribution in [1.29, 1.82) is 5.41 Å². The molecule has 0 spiro atoms. The van der Waals surface area contributed by atoms with Crippen molar-refractivity contribution in [1.82, 2.24) is 47.4 Å². The van der Waals surface area contributed by atoms with Crippen LogP contribution in [0.25, 0.3) is 0 Å². The number of likely N-dealkylation sites (tertiary alicyclic amines) is 1. The molecule has 3 aliphatic heterocycles. The van der Waals surface area contributed by atoms with E-state index in [2.05, 4.69) is 42.5 Å². The van der Waals surface area contributed by atoms with E-state index >= 15 is 0 Å². The number of nitrogens with two attached hydrogens (primary N) is 4. The first-order valence-electron chi connectivity index (χ1n) is 43.4. The number of phenolic OH excluding ortho intramolecular Hbond substituents is 1. The molecule has 0 saturated carbocycles. The molecule has 8 rings (SSSR count). The third kappa shape index (κ3) is 32.1. The number of hydrogen-bond donors (Lipinski definition) is 18. The predicted octanol–water partition coefficient (Wildman–Crippen LogP) is 2.35. The first-order chi connectivity index (χ1) is 63.0. The van der Waals surface area contributed by atoms with Crippen LogP contribution < -0.4 is 75.1 Å². The minimum Gasteiger partial charge on any atom is -0.508 e. The summed E-state index contributed by atoms with van der Waals surface area (Å²) in [6, 6.07) is 18.6. The fraction of sp³-hybridized carbons (Fsp3) is 0.449. The topological polar surface area (TPSA) is 668 Å². The molecule has 11 amide bonds. The van der Waals surface area contributed by atoms with Crippen molar-refractivity contribution < 1.29 is 119 Å².